The highest BCUT2D eigenvalue weighted by Crippen LogP contribution is 2.42. The number of carbonyl (C=O) groups is 1. The van der Waals surface area contributed by atoms with E-state index in [-0.39, 0.29) is 5.60 Å². The van der Waals surface area contributed by atoms with Crippen LogP contribution in [0.3, 0.4) is 0 Å². The Kier molecular flexibility index (Phi) is 1.85. The summed E-state index contributed by atoms with van der Waals surface area (Å²) in [4.78, 5) is 10.9. The van der Waals surface area contributed by atoms with Crippen molar-refractivity contribution in [1.82, 2.24) is 0 Å². The van der Waals surface area contributed by atoms with Gasteiger partial charge < -0.3 is 14.6 Å². The lowest BCUT2D eigenvalue weighted by molar-refractivity contribution is -0.170. The molecular weight excluding hydrogens is 172 g/mol. The van der Waals surface area contributed by atoms with Crippen LogP contribution in [0.5, 0.6) is 0 Å². The third-order valence-corrected chi connectivity index (χ3v) is 3.02. The molecule has 2 fully saturated rings. The van der Waals surface area contributed by atoms with E-state index in [1.807, 2.05) is 0 Å². The maximum absolute atomic E-state index is 10.9. The molecule has 2 rings (SSSR count). The molecule has 0 saturated carbocycles. The monoisotopic (exact) mass is 186 g/mol. The van der Waals surface area contributed by atoms with Crippen LogP contribution in [-0.4, -0.2) is 35.5 Å². The fourth-order valence-electron chi connectivity index (χ4n) is 2.06. The van der Waals surface area contributed by atoms with Crippen molar-refractivity contribution in [3.63, 3.8) is 0 Å². The van der Waals surface area contributed by atoms with Gasteiger partial charge in [0.25, 0.3) is 0 Å². The highest BCUT2D eigenvalue weighted by atomic mass is 16.6. The zero-order valence-corrected chi connectivity index (χ0v) is 7.71. The molecule has 74 valence electrons. The first kappa shape index (κ1) is 8.97. The van der Waals surface area contributed by atoms with Crippen molar-refractivity contribution < 1.29 is 19.4 Å². The molecule has 0 aromatic rings. The van der Waals surface area contributed by atoms with Gasteiger partial charge >= 0.3 is 5.97 Å². The van der Waals surface area contributed by atoms with Gasteiger partial charge in [-0.15, -0.1) is 0 Å². The SMILES string of the molecule is CC1(C(=O)O)CCC2(CCOC2)O1. The number of aliphatic carboxylic acids is 1. The second-order valence-corrected chi connectivity index (χ2v) is 4.12. The maximum atomic E-state index is 10.9. The van der Waals surface area contributed by atoms with E-state index in [4.69, 9.17) is 14.6 Å². The quantitative estimate of drug-likeness (QED) is 0.658. The molecule has 2 aliphatic heterocycles. The smallest absolute Gasteiger partial charge is 0.335 e. The van der Waals surface area contributed by atoms with E-state index in [2.05, 4.69) is 0 Å². The minimum Gasteiger partial charge on any atom is -0.479 e. The molecule has 0 bridgehead atoms. The Balaban J connectivity index is 2.12. The van der Waals surface area contributed by atoms with Crippen LogP contribution in [0.15, 0.2) is 0 Å². The summed E-state index contributed by atoms with van der Waals surface area (Å²) in [5.41, 5.74) is -1.29. The van der Waals surface area contributed by atoms with E-state index < -0.39 is 11.6 Å². The van der Waals surface area contributed by atoms with Crippen molar-refractivity contribution in [2.45, 2.75) is 37.4 Å². The second-order valence-electron chi connectivity index (χ2n) is 4.12. The minimum absolute atomic E-state index is 0.298. The normalized spacial score (nSPS) is 44.4. The molecule has 0 aromatic carbocycles. The topological polar surface area (TPSA) is 55.8 Å². The van der Waals surface area contributed by atoms with Crippen molar-refractivity contribution in [3.8, 4) is 0 Å². The average molecular weight is 186 g/mol. The molecule has 4 heteroatoms. The molecule has 2 unspecified atom stereocenters. The Morgan fingerprint density at radius 2 is 2.15 bits per heavy atom. The summed E-state index contributed by atoms with van der Waals surface area (Å²) < 4.78 is 10.9. The van der Waals surface area contributed by atoms with E-state index in [0.29, 0.717) is 19.6 Å². The highest BCUT2D eigenvalue weighted by Gasteiger charge is 2.52. The van der Waals surface area contributed by atoms with E-state index in [1.54, 1.807) is 6.92 Å². The largest absolute Gasteiger partial charge is 0.479 e. The van der Waals surface area contributed by atoms with Gasteiger partial charge in [-0.1, -0.05) is 0 Å². The summed E-state index contributed by atoms with van der Waals surface area (Å²) in [6, 6.07) is 0. The molecular formula is C9H14O4. The average Bonchev–Trinajstić information content (AvgIpc) is 2.62. The standard InChI is InChI=1S/C9H14O4/c1-8(7(10)11)2-3-9(13-8)4-5-12-6-9/h2-6H2,1H3,(H,10,11). The molecule has 2 saturated heterocycles. The molecule has 2 aliphatic rings. The summed E-state index contributed by atoms with van der Waals surface area (Å²) in [5, 5.41) is 8.95. The first-order chi connectivity index (χ1) is 6.06. The van der Waals surface area contributed by atoms with Crippen molar-refractivity contribution >= 4 is 5.97 Å². The summed E-state index contributed by atoms with van der Waals surface area (Å²) in [6.07, 6.45) is 2.22. The first-order valence-electron chi connectivity index (χ1n) is 4.58. The number of carboxylic acids is 1. The third kappa shape index (κ3) is 1.34. The van der Waals surface area contributed by atoms with Gasteiger partial charge in [0.1, 0.15) is 0 Å². The molecule has 2 heterocycles. The Morgan fingerprint density at radius 3 is 2.62 bits per heavy atom. The van der Waals surface area contributed by atoms with Gasteiger partial charge in [-0.3, -0.25) is 0 Å². The van der Waals surface area contributed by atoms with E-state index in [1.165, 1.54) is 0 Å². The van der Waals surface area contributed by atoms with Crippen molar-refractivity contribution in [2.75, 3.05) is 13.2 Å². The summed E-state index contributed by atoms with van der Waals surface area (Å²) in [6.45, 7) is 2.88. The molecule has 2 atom stereocenters. The van der Waals surface area contributed by atoms with Gasteiger partial charge in [0.05, 0.1) is 12.2 Å². The molecule has 0 radical (unpaired) electrons. The first-order valence-corrected chi connectivity index (χ1v) is 4.58. The second kappa shape index (κ2) is 2.69. The maximum Gasteiger partial charge on any atom is 0.335 e. The van der Waals surface area contributed by atoms with Gasteiger partial charge in [0, 0.05) is 13.0 Å². The third-order valence-electron chi connectivity index (χ3n) is 3.02. The van der Waals surface area contributed by atoms with Crippen LogP contribution in [0.1, 0.15) is 26.2 Å². The van der Waals surface area contributed by atoms with Gasteiger partial charge in [-0.05, 0) is 19.8 Å². The molecule has 4 nitrogen and oxygen atoms in total. The predicted octanol–water partition coefficient (Wildman–Crippen LogP) is 0.799. The number of hydrogen-bond donors (Lipinski definition) is 1. The minimum atomic E-state index is -0.992. The molecule has 0 amide bonds. The lowest BCUT2D eigenvalue weighted by Gasteiger charge is -2.25. The van der Waals surface area contributed by atoms with Crippen LogP contribution in [0, 0.1) is 0 Å². The summed E-state index contributed by atoms with van der Waals surface area (Å²) >= 11 is 0. The van der Waals surface area contributed by atoms with Gasteiger partial charge in [0.2, 0.25) is 0 Å². The molecule has 13 heavy (non-hydrogen) atoms. The summed E-state index contributed by atoms with van der Waals surface area (Å²) in [7, 11) is 0. The number of carboxylic acid groups (broad SMARTS) is 1. The molecule has 0 aliphatic carbocycles. The Labute approximate surface area is 76.8 Å². The fourth-order valence-corrected chi connectivity index (χ4v) is 2.06. The Bertz CT molecular complexity index is 232. The van der Waals surface area contributed by atoms with Crippen LogP contribution in [0.4, 0.5) is 0 Å². The van der Waals surface area contributed by atoms with Crippen LogP contribution >= 0.6 is 0 Å². The van der Waals surface area contributed by atoms with Crippen molar-refractivity contribution in [1.29, 1.82) is 0 Å². The van der Waals surface area contributed by atoms with Gasteiger partial charge in [-0.2, -0.15) is 0 Å². The van der Waals surface area contributed by atoms with Crippen molar-refractivity contribution in [3.05, 3.63) is 0 Å². The number of ether oxygens (including phenoxy) is 2. The Hall–Kier alpha value is -0.610. The van der Waals surface area contributed by atoms with Crippen LogP contribution in [0.2, 0.25) is 0 Å². The van der Waals surface area contributed by atoms with E-state index >= 15 is 0 Å². The zero-order chi connectivity index (χ0) is 9.53. The van der Waals surface area contributed by atoms with Gasteiger partial charge in [-0.25, -0.2) is 4.79 Å². The zero-order valence-electron chi connectivity index (χ0n) is 7.71. The predicted molar refractivity (Wildman–Crippen MR) is 44.5 cm³/mol. The van der Waals surface area contributed by atoms with Crippen LogP contribution < -0.4 is 0 Å². The molecule has 1 N–H and O–H groups in total. The van der Waals surface area contributed by atoms with Crippen molar-refractivity contribution in [2.24, 2.45) is 0 Å². The Morgan fingerprint density at radius 1 is 1.38 bits per heavy atom. The van der Waals surface area contributed by atoms with E-state index in [0.717, 1.165) is 12.8 Å². The summed E-state index contributed by atoms with van der Waals surface area (Å²) in [5.74, 6) is -0.865. The van der Waals surface area contributed by atoms with Crippen LogP contribution in [-0.2, 0) is 14.3 Å². The molecule has 0 aromatic heterocycles. The lowest BCUT2D eigenvalue weighted by atomic mass is 9.96. The number of hydrogen-bond acceptors (Lipinski definition) is 3. The van der Waals surface area contributed by atoms with Gasteiger partial charge in [0.15, 0.2) is 5.60 Å². The number of rotatable bonds is 1. The fraction of sp³-hybridized carbons (Fsp3) is 0.889. The highest BCUT2D eigenvalue weighted by molar-refractivity contribution is 5.77. The lowest BCUT2D eigenvalue weighted by Crippen LogP contribution is -2.39. The van der Waals surface area contributed by atoms with E-state index in [9.17, 15) is 4.79 Å². The van der Waals surface area contributed by atoms with Crippen LogP contribution in [0.25, 0.3) is 0 Å². The molecule has 1 spiro atoms.